The second-order valence-electron chi connectivity index (χ2n) is 6.16. The van der Waals surface area contributed by atoms with Crippen molar-refractivity contribution in [1.82, 2.24) is 15.2 Å². The number of amides is 2. The molecule has 1 heterocycles. The Labute approximate surface area is 137 Å². The van der Waals surface area contributed by atoms with Crippen LogP contribution in [-0.4, -0.2) is 22.5 Å². The lowest BCUT2D eigenvalue weighted by molar-refractivity contribution is 0.175. The van der Waals surface area contributed by atoms with Gasteiger partial charge in [0.05, 0.1) is 18.3 Å². The Balaban J connectivity index is 1.66. The van der Waals surface area contributed by atoms with Gasteiger partial charge < -0.3 is 10.2 Å². The van der Waals surface area contributed by atoms with E-state index in [1.807, 2.05) is 41.3 Å². The monoisotopic (exact) mass is 309 g/mol. The molecule has 1 aliphatic carbocycles. The standard InChI is InChI=1S/C19H23N3O/c1-15(17-7-3-2-4-8-17)22(14-16-10-11-16)19(23)21-13-18-9-5-6-12-20-18/h2-9,12,15-16H,10-11,13-14H2,1H3,(H,21,23)/t15-/m1/s1. The summed E-state index contributed by atoms with van der Waals surface area (Å²) < 4.78 is 0. The molecule has 0 unspecified atom stereocenters. The molecule has 4 heteroatoms. The van der Waals surface area contributed by atoms with Crippen molar-refractivity contribution < 1.29 is 4.79 Å². The molecule has 4 nitrogen and oxygen atoms in total. The van der Waals surface area contributed by atoms with Crippen molar-refractivity contribution in [2.75, 3.05) is 6.54 Å². The van der Waals surface area contributed by atoms with E-state index in [9.17, 15) is 4.79 Å². The van der Waals surface area contributed by atoms with Crippen LogP contribution in [0.25, 0.3) is 0 Å². The van der Waals surface area contributed by atoms with Gasteiger partial charge in [0, 0.05) is 12.7 Å². The molecule has 1 saturated carbocycles. The number of carbonyl (C=O) groups excluding carboxylic acids is 1. The molecule has 1 atom stereocenters. The second-order valence-corrected chi connectivity index (χ2v) is 6.16. The Morgan fingerprint density at radius 1 is 1.22 bits per heavy atom. The van der Waals surface area contributed by atoms with Crippen LogP contribution in [0, 0.1) is 5.92 Å². The van der Waals surface area contributed by atoms with Crippen molar-refractivity contribution >= 4 is 6.03 Å². The minimum Gasteiger partial charge on any atom is -0.332 e. The zero-order valence-corrected chi connectivity index (χ0v) is 13.5. The van der Waals surface area contributed by atoms with Gasteiger partial charge in [0.25, 0.3) is 0 Å². The Morgan fingerprint density at radius 3 is 2.61 bits per heavy atom. The predicted octanol–water partition coefficient (Wildman–Crippen LogP) is 3.76. The highest BCUT2D eigenvalue weighted by atomic mass is 16.2. The number of pyridine rings is 1. The van der Waals surface area contributed by atoms with E-state index < -0.39 is 0 Å². The van der Waals surface area contributed by atoms with Crippen LogP contribution in [0.3, 0.4) is 0 Å². The fourth-order valence-corrected chi connectivity index (χ4v) is 2.68. The zero-order valence-electron chi connectivity index (χ0n) is 13.5. The van der Waals surface area contributed by atoms with Gasteiger partial charge in [-0.25, -0.2) is 4.79 Å². The summed E-state index contributed by atoms with van der Waals surface area (Å²) in [7, 11) is 0. The molecule has 1 aromatic heterocycles. The molecule has 0 saturated heterocycles. The molecule has 2 amide bonds. The summed E-state index contributed by atoms with van der Waals surface area (Å²) in [5.41, 5.74) is 2.04. The van der Waals surface area contributed by atoms with E-state index in [0.29, 0.717) is 12.5 Å². The van der Waals surface area contributed by atoms with Gasteiger partial charge in [0.1, 0.15) is 0 Å². The highest BCUT2D eigenvalue weighted by molar-refractivity contribution is 5.74. The number of nitrogens with zero attached hydrogens (tertiary/aromatic N) is 2. The molecule has 0 spiro atoms. The molecule has 2 aromatic rings. The lowest BCUT2D eigenvalue weighted by atomic mass is 10.1. The van der Waals surface area contributed by atoms with Gasteiger partial charge in [-0.05, 0) is 43.4 Å². The van der Waals surface area contributed by atoms with E-state index in [2.05, 4.69) is 29.4 Å². The third kappa shape index (κ3) is 4.31. The second kappa shape index (κ2) is 7.27. The first kappa shape index (κ1) is 15.5. The van der Waals surface area contributed by atoms with Crippen molar-refractivity contribution in [3.63, 3.8) is 0 Å². The Hall–Kier alpha value is -2.36. The van der Waals surface area contributed by atoms with Gasteiger partial charge in [-0.3, -0.25) is 4.98 Å². The van der Waals surface area contributed by atoms with Crippen molar-refractivity contribution in [2.24, 2.45) is 5.92 Å². The number of nitrogens with one attached hydrogen (secondary N) is 1. The largest absolute Gasteiger partial charge is 0.332 e. The quantitative estimate of drug-likeness (QED) is 0.883. The van der Waals surface area contributed by atoms with E-state index in [0.717, 1.165) is 12.2 Å². The molecule has 120 valence electrons. The molecule has 1 aromatic carbocycles. The zero-order chi connectivity index (χ0) is 16.1. The fourth-order valence-electron chi connectivity index (χ4n) is 2.68. The van der Waals surface area contributed by atoms with Crippen LogP contribution >= 0.6 is 0 Å². The molecule has 23 heavy (non-hydrogen) atoms. The SMILES string of the molecule is C[C@H](c1ccccc1)N(CC1CC1)C(=O)NCc1ccccn1. The van der Waals surface area contributed by atoms with Crippen LogP contribution in [0.15, 0.2) is 54.7 Å². The van der Waals surface area contributed by atoms with Gasteiger partial charge in [0.2, 0.25) is 0 Å². The summed E-state index contributed by atoms with van der Waals surface area (Å²) in [4.78, 5) is 18.9. The summed E-state index contributed by atoms with van der Waals surface area (Å²) >= 11 is 0. The number of hydrogen-bond acceptors (Lipinski definition) is 2. The number of aromatic nitrogens is 1. The lowest BCUT2D eigenvalue weighted by Crippen LogP contribution is -2.42. The first-order chi connectivity index (χ1) is 11.2. The topological polar surface area (TPSA) is 45.2 Å². The number of hydrogen-bond donors (Lipinski definition) is 1. The van der Waals surface area contributed by atoms with Gasteiger partial charge in [-0.2, -0.15) is 0 Å². The maximum absolute atomic E-state index is 12.7. The minimum atomic E-state index is -0.0149. The molecular weight excluding hydrogens is 286 g/mol. The van der Waals surface area contributed by atoms with Crippen molar-refractivity contribution in [3.8, 4) is 0 Å². The summed E-state index contributed by atoms with van der Waals surface area (Å²) in [5, 5.41) is 3.01. The molecule has 3 rings (SSSR count). The van der Waals surface area contributed by atoms with Crippen LogP contribution in [0.4, 0.5) is 4.79 Å². The first-order valence-electron chi connectivity index (χ1n) is 8.23. The van der Waals surface area contributed by atoms with Crippen LogP contribution in [0.1, 0.15) is 37.1 Å². The van der Waals surface area contributed by atoms with E-state index in [1.54, 1.807) is 6.20 Å². The normalized spacial score (nSPS) is 15.0. The summed E-state index contributed by atoms with van der Waals surface area (Å²) in [6.07, 6.45) is 4.20. The molecule has 0 aliphatic heterocycles. The highest BCUT2D eigenvalue weighted by Gasteiger charge is 2.30. The minimum absolute atomic E-state index is 0.0149. The van der Waals surface area contributed by atoms with E-state index in [1.165, 1.54) is 18.4 Å². The third-order valence-corrected chi connectivity index (χ3v) is 4.31. The summed E-state index contributed by atoms with van der Waals surface area (Å²) in [5.74, 6) is 0.654. The van der Waals surface area contributed by atoms with Crippen molar-refractivity contribution in [3.05, 3.63) is 66.0 Å². The average Bonchev–Trinajstić information content (AvgIpc) is 3.43. The van der Waals surface area contributed by atoms with E-state index in [-0.39, 0.29) is 12.1 Å². The molecule has 0 bridgehead atoms. The Morgan fingerprint density at radius 2 is 1.96 bits per heavy atom. The van der Waals surface area contributed by atoms with Crippen LogP contribution in [0.2, 0.25) is 0 Å². The molecule has 0 radical (unpaired) electrons. The summed E-state index contributed by atoms with van der Waals surface area (Å²) in [6, 6.07) is 16.0. The number of urea groups is 1. The van der Waals surface area contributed by atoms with Crippen LogP contribution in [-0.2, 0) is 6.54 Å². The molecule has 1 fully saturated rings. The molecular formula is C19H23N3O. The van der Waals surface area contributed by atoms with Crippen molar-refractivity contribution in [1.29, 1.82) is 0 Å². The smallest absolute Gasteiger partial charge is 0.318 e. The maximum atomic E-state index is 12.7. The molecule has 1 aliphatic rings. The fraction of sp³-hybridized carbons (Fsp3) is 0.368. The Bertz CT molecular complexity index is 626. The predicted molar refractivity (Wildman–Crippen MR) is 90.8 cm³/mol. The highest BCUT2D eigenvalue weighted by Crippen LogP contribution is 2.32. The Kier molecular flexibility index (Phi) is 4.91. The number of benzene rings is 1. The van der Waals surface area contributed by atoms with Crippen LogP contribution < -0.4 is 5.32 Å². The lowest BCUT2D eigenvalue weighted by Gasteiger charge is -2.30. The van der Waals surface area contributed by atoms with Gasteiger partial charge >= 0.3 is 6.03 Å². The number of rotatable bonds is 6. The van der Waals surface area contributed by atoms with Gasteiger partial charge in [-0.15, -0.1) is 0 Å². The number of carbonyl (C=O) groups is 1. The van der Waals surface area contributed by atoms with E-state index in [4.69, 9.17) is 0 Å². The van der Waals surface area contributed by atoms with E-state index >= 15 is 0 Å². The third-order valence-electron chi connectivity index (χ3n) is 4.31. The van der Waals surface area contributed by atoms with Gasteiger partial charge in [0.15, 0.2) is 0 Å². The van der Waals surface area contributed by atoms with Crippen molar-refractivity contribution in [2.45, 2.75) is 32.4 Å². The van der Waals surface area contributed by atoms with Gasteiger partial charge in [-0.1, -0.05) is 36.4 Å². The first-order valence-corrected chi connectivity index (χ1v) is 8.23. The maximum Gasteiger partial charge on any atom is 0.318 e. The molecule has 1 N–H and O–H groups in total. The summed E-state index contributed by atoms with van der Waals surface area (Å²) in [6.45, 7) is 3.38. The average molecular weight is 309 g/mol. The van der Waals surface area contributed by atoms with Crippen LogP contribution in [0.5, 0.6) is 0 Å².